The van der Waals surface area contributed by atoms with Crippen molar-refractivity contribution in [1.29, 1.82) is 0 Å². The van der Waals surface area contributed by atoms with Crippen molar-refractivity contribution >= 4 is 5.69 Å². The zero-order chi connectivity index (χ0) is 15.4. The van der Waals surface area contributed by atoms with Crippen molar-refractivity contribution in [2.24, 2.45) is 5.92 Å². The van der Waals surface area contributed by atoms with Crippen molar-refractivity contribution in [3.63, 3.8) is 0 Å². The van der Waals surface area contributed by atoms with Crippen LogP contribution in [-0.2, 0) is 0 Å². The van der Waals surface area contributed by atoms with Gasteiger partial charge in [0.15, 0.2) is 0 Å². The zero-order valence-electron chi connectivity index (χ0n) is 13.9. The van der Waals surface area contributed by atoms with Gasteiger partial charge in [0, 0.05) is 13.1 Å². The highest BCUT2D eigenvalue weighted by atomic mass is 19.1. The Kier molecular flexibility index (Phi) is 5.35. The number of aryl methyl sites for hydroxylation is 1. The molecule has 2 saturated heterocycles. The molecule has 2 aliphatic heterocycles. The minimum atomic E-state index is -0.0632. The highest BCUT2D eigenvalue weighted by Gasteiger charge is 2.22. The van der Waals surface area contributed by atoms with Crippen molar-refractivity contribution in [2.75, 3.05) is 37.6 Å². The Balaban J connectivity index is 1.45. The number of halogens is 1. The maximum Gasteiger partial charge on any atom is 0.146 e. The van der Waals surface area contributed by atoms with Gasteiger partial charge in [-0.05, 0) is 82.3 Å². The van der Waals surface area contributed by atoms with Gasteiger partial charge >= 0.3 is 0 Å². The molecule has 0 aliphatic carbocycles. The predicted octanol–water partition coefficient (Wildman–Crippen LogP) is 4.23. The van der Waals surface area contributed by atoms with Crippen molar-refractivity contribution in [3.8, 4) is 0 Å². The number of likely N-dealkylation sites (tertiary alicyclic amines) is 1. The molecular weight excluding hydrogens is 275 g/mol. The average Bonchev–Trinajstić information content (AvgIpc) is 2.55. The van der Waals surface area contributed by atoms with Gasteiger partial charge in [-0.15, -0.1) is 0 Å². The number of hydrogen-bond acceptors (Lipinski definition) is 2. The Labute approximate surface area is 134 Å². The van der Waals surface area contributed by atoms with Gasteiger partial charge in [-0.25, -0.2) is 4.39 Å². The fourth-order valence-electron chi connectivity index (χ4n) is 3.88. The first-order valence-electron chi connectivity index (χ1n) is 8.96. The van der Waals surface area contributed by atoms with Crippen LogP contribution in [0.5, 0.6) is 0 Å². The molecular formula is C19H29FN2. The van der Waals surface area contributed by atoms with Gasteiger partial charge in [0.05, 0.1) is 5.69 Å². The largest absolute Gasteiger partial charge is 0.369 e. The van der Waals surface area contributed by atoms with Gasteiger partial charge in [-0.3, -0.25) is 0 Å². The van der Waals surface area contributed by atoms with Crippen LogP contribution in [0.3, 0.4) is 0 Å². The average molecular weight is 304 g/mol. The van der Waals surface area contributed by atoms with Crippen molar-refractivity contribution < 1.29 is 4.39 Å². The molecule has 0 atom stereocenters. The van der Waals surface area contributed by atoms with Gasteiger partial charge in [0.25, 0.3) is 0 Å². The summed E-state index contributed by atoms with van der Waals surface area (Å²) in [5.74, 6) is 0.762. The molecule has 3 rings (SSSR count). The predicted molar refractivity (Wildman–Crippen MR) is 91.0 cm³/mol. The van der Waals surface area contributed by atoms with Gasteiger partial charge in [-0.1, -0.05) is 12.5 Å². The van der Waals surface area contributed by atoms with Gasteiger partial charge in [-0.2, -0.15) is 0 Å². The standard InChI is InChI=1S/C19H29FN2/c1-16-5-6-19(18(20)15-16)22-13-8-17(9-14-22)7-12-21-10-3-2-4-11-21/h5-6,15,17H,2-4,7-14H2,1H3. The van der Waals surface area contributed by atoms with Crippen molar-refractivity contribution in [2.45, 2.75) is 45.4 Å². The van der Waals surface area contributed by atoms with Gasteiger partial charge in [0.2, 0.25) is 0 Å². The number of piperidine rings is 2. The highest BCUT2D eigenvalue weighted by molar-refractivity contribution is 5.49. The maximum atomic E-state index is 14.1. The smallest absolute Gasteiger partial charge is 0.146 e. The number of nitrogens with zero attached hydrogens (tertiary/aromatic N) is 2. The normalized spacial score (nSPS) is 21.3. The summed E-state index contributed by atoms with van der Waals surface area (Å²) in [5.41, 5.74) is 1.79. The van der Waals surface area contributed by atoms with Gasteiger partial charge < -0.3 is 9.80 Å². The topological polar surface area (TPSA) is 6.48 Å². The van der Waals surface area contributed by atoms with Gasteiger partial charge in [0.1, 0.15) is 5.82 Å². The quantitative estimate of drug-likeness (QED) is 0.821. The molecule has 0 radical (unpaired) electrons. The molecule has 0 aromatic heterocycles. The molecule has 2 fully saturated rings. The molecule has 1 aromatic rings. The number of rotatable bonds is 4. The van der Waals surface area contributed by atoms with Crippen LogP contribution in [0.1, 0.15) is 44.1 Å². The molecule has 0 N–H and O–H groups in total. The molecule has 2 aliphatic rings. The summed E-state index contributed by atoms with van der Waals surface area (Å²) in [6.07, 6.45) is 7.92. The summed E-state index contributed by atoms with van der Waals surface area (Å²) >= 11 is 0. The Morgan fingerprint density at radius 3 is 2.45 bits per heavy atom. The van der Waals surface area contributed by atoms with E-state index in [0.717, 1.165) is 30.3 Å². The van der Waals surface area contributed by atoms with Crippen LogP contribution in [0, 0.1) is 18.7 Å². The Morgan fingerprint density at radius 2 is 1.77 bits per heavy atom. The van der Waals surface area contributed by atoms with E-state index < -0.39 is 0 Å². The summed E-state index contributed by atoms with van der Waals surface area (Å²) in [6.45, 7) is 7.82. The molecule has 3 heteroatoms. The minimum Gasteiger partial charge on any atom is -0.369 e. The van der Waals surface area contributed by atoms with Crippen molar-refractivity contribution in [1.82, 2.24) is 4.90 Å². The Hall–Kier alpha value is -1.09. The van der Waals surface area contributed by atoms with E-state index in [4.69, 9.17) is 0 Å². The van der Waals surface area contributed by atoms with Crippen LogP contribution in [0.25, 0.3) is 0 Å². The second-order valence-corrected chi connectivity index (χ2v) is 7.08. The summed E-state index contributed by atoms with van der Waals surface area (Å²) < 4.78 is 14.1. The molecule has 0 amide bonds. The summed E-state index contributed by atoms with van der Waals surface area (Å²) in [4.78, 5) is 4.86. The zero-order valence-corrected chi connectivity index (χ0v) is 13.9. The van der Waals surface area contributed by atoms with Crippen molar-refractivity contribution in [3.05, 3.63) is 29.6 Å². The molecule has 2 heterocycles. The van der Waals surface area contributed by atoms with E-state index in [1.807, 2.05) is 19.1 Å². The van der Waals surface area contributed by atoms with Crippen LogP contribution < -0.4 is 4.90 Å². The van der Waals surface area contributed by atoms with Crippen LogP contribution >= 0.6 is 0 Å². The van der Waals surface area contributed by atoms with Crippen LogP contribution in [-0.4, -0.2) is 37.6 Å². The summed E-state index contributed by atoms with van der Waals surface area (Å²) in [7, 11) is 0. The molecule has 1 aromatic carbocycles. The maximum absolute atomic E-state index is 14.1. The number of benzene rings is 1. The SMILES string of the molecule is Cc1ccc(N2CCC(CCN3CCCCC3)CC2)c(F)c1. The lowest BCUT2D eigenvalue weighted by molar-refractivity contribution is 0.205. The lowest BCUT2D eigenvalue weighted by atomic mass is 9.92. The number of anilines is 1. The van der Waals surface area contributed by atoms with E-state index in [0.29, 0.717) is 0 Å². The van der Waals surface area contributed by atoms with E-state index in [2.05, 4.69) is 9.80 Å². The third-order valence-corrected chi connectivity index (χ3v) is 5.36. The third-order valence-electron chi connectivity index (χ3n) is 5.36. The lowest BCUT2D eigenvalue weighted by Gasteiger charge is -2.35. The molecule has 22 heavy (non-hydrogen) atoms. The summed E-state index contributed by atoms with van der Waals surface area (Å²) in [5, 5.41) is 0. The second kappa shape index (κ2) is 7.45. The first-order valence-corrected chi connectivity index (χ1v) is 8.96. The lowest BCUT2D eigenvalue weighted by Crippen LogP contribution is -2.36. The fourth-order valence-corrected chi connectivity index (χ4v) is 3.88. The molecule has 0 bridgehead atoms. The first kappa shape index (κ1) is 15.8. The monoisotopic (exact) mass is 304 g/mol. The molecule has 2 nitrogen and oxygen atoms in total. The van der Waals surface area contributed by atoms with Crippen LogP contribution in [0.4, 0.5) is 10.1 Å². The van der Waals surface area contributed by atoms with Crippen LogP contribution in [0.15, 0.2) is 18.2 Å². The van der Waals surface area contributed by atoms with E-state index in [1.165, 1.54) is 58.2 Å². The van der Waals surface area contributed by atoms with Crippen LogP contribution in [0.2, 0.25) is 0 Å². The molecule has 0 spiro atoms. The molecule has 122 valence electrons. The first-order chi connectivity index (χ1) is 10.7. The molecule has 0 unspecified atom stereocenters. The minimum absolute atomic E-state index is 0.0632. The third kappa shape index (κ3) is 4.01. The van der Waals surface area contributed by atoms with E-state index in [1.54, 1.807) is 6.07 Å². The number of hydrogen-bond donors (Lipinski definition) is 0. The second-order valence-electron chi connectivity index (χ2n) is 7.08. The van der Waals surface area contributed by atoms with E-state index >= 15 is 0 Å². The molecule has 0 saturated carbocycles. The highest BCUT2D eigenvalue weighted by Crippen LogP contribution is 2.28. The van der Waals surface area contributed by atoms with E-state index in [-0.39, 0.29) is 5.82 Å². The summed E-state index contributed by atoms with van der Waals surface area (Å²) in [6, 6.07) is 5.61. The Bertz CT molecular complexity index is 474. The van der Waals surface area contributed by atoms with E-state index in [9.17, 15) is 4.39 Å². The Morgan fingerprint density at radius 1 is 1.05 bits per heavy atom. The fraction of sp³-hybridized carbons (Fsp3) is 0.684.